The highest BCUT2D eigenvalue weighted by atomic mass is 16.3. The third kappa shape index (κ3) is 1.48. The highest BCUT2D eigenvalue weighted by molar-refractivity contribution is 5.69. The van der Waals surface area contributed by atoms with E-state index >= 15 is 0 Å². The Morgan fingerprint density at radius 3 is 3.00 bits per heavy atom. The number of hydrogen-bond donors (Lipinski definition) is 1. The van der Waals surface area contributed by atoms with Crippen LogP contribution in [0.2, 0.25) is 0 Å². The number of fused-ring (bicyclic) bond motifs is 1. The minimum absolute atomic E-state index is 0.119. The number of nitrogens with zero attached hydrogens (tertiary/aromatic N) is 4. The molecule has 16 heavy (non-hydrogen) atoms. The van der Waals surface area contributed by atoms with Gasteiger partial charge in [0.1, 0.15) is 11.8 Å². The van der Waals surface area contributed by atoms with Crippen molar-refractivity contribution in [3.05, 3.63) is 18.9 Å². The fourth-order valence-electron chi connectivity index (χ4n) is 2.44. The van der Waals surface area contributed by atoms with Crippen LogP contribution >= 0.6 is 0 Å². The van der Waals surface area contributed by atoms with Crippen LogP contribution < -0.4 is 0 Å². The van der Waals surface area contributed by atoms with Crippen molar-refractivity contribution in [1.29, 1.82) is 0 Å². The number of aliphatic hydroxyl groups is 1. The van der Waals surface area contributed by atoms with Crippen molar-refractivity contribution in [2.24, 2.45) is 0 Å². The van der Waals surface area contributed by atoms with E-state index in [1.807, 2.05) is 4.57 Å². The van der Waals surface area contributed by atoms with Crippen molar-refractivity contribution in [3.8, 4) is 0 Å². The quantitative estimate of drug-likeness (QED) is 0.783. The number of hydrogen-bond acceptors (Lipinski definition) is 4. The molecule has 0 unspecified atom stereocenters. The van der Waals surface area contributed by atoms with Crippen LogP contribution in [0.4, 0.5) is 0 Å². The lowest BCUT2D eigenvalue weighted by Gasteiger charge is -2.28. The maximum atomic E-state index is 10.0. The number of rotatable bonds is 1. The molecule has 2 aromatic rings. The molecule has 5 heteroatoms. The molecule has 3 rings (SSSR count). The molecule has 1 saturated carbocycles. The average Bonchev–Trinajstić information content (AvgIpc) is 2.74. The molecular formula is C11H14N4O. The lowest BCUT2D eigenvalue weighted by molar-refractivity contribution is 0.0770. The van der Waals surface area contributed by atoms with Crippen LogP contribution in [-0.4, -0.2) is 30.7 Å². The van der Waals surface area contributed by atoms with Gasteiger partial charge in [0.25, 0.3) is 0 Å². The molecule has 0 aromatic carbocycles. The Morgan fingerprint density at radius 1 is 1.25 bits per heavy atom. The zero-order valence-electron chi connectivity index (χ0n) is 8.95. The Kier molecular flexibility index (Phi) is 2.32. The molecule has 0 aliphatic heterocycles. The minimum atomic E-state index is -0.277. The van der Waals surface area contributed by atoms with Gasteiger partial charge in [-0.2, -0.15) is 0 Å². The summed E-state index contributed by atoms with van der Waals surface area (Å²) in [6, 6.07) is 0.119. The van der Waals surface area contributed by atoms with Crippen LogP contribution in [0.15, 0.2) is 18.9 Å². The van der Waals surface area contributed by atoms with Crippen LogP contribution in [-0.2, 0) is 0 Å². The van der Waals surface area contributed by atoms with E-state index in [1.54, 1.807) is 12.5 Å². The summed E-state index contributed by atoms with van der Waals surface area (Å²) in [4.78, 5) is 12.4. The van der Waals surface area contributed by atoms with Gasteiger partial charge in [0.2, 0.25) is 0 Å². The van der Waals surface area contributed by atoms with E-state index in [4.69, 9.17) is 0 Å². The topological polar surface area (TPSA) is 63.8 Å². The Hall–Kier alpha value is -1.49. The SMILES string of the molecule is O[C@H]1CCCC[C@@H]1n1cnc2cncnc21. The van der Waals surface area contributed by atoms with Gasteiger partial charge in [0.15, 0.2) is 5.65 Å². The molecule has 1 aliphatic carbocycles. The molecule has 84 valence electrons. The molecule has 2 heterocycles. The summed E-state index contributed by atoms with van der Waals surface area (Å²) in [6.45, 7) is 0. The van der Waals surface area contributed by atoms with Gasteiger partial charge in [0, 0.05) is 0 Å². The van der Waals surface area contributed by atoms with Gasteiger partial charge in [-0.25, -0.2) is 15.0 Å². The molecule has 2 aromatic heterocycles. The van der Waals surface area contributed by atoms with Crippen LogP contribution in [0.3, 0.4) is 0 Å². The minimum Gasteiger partial charge on any atom is -0.391 e. The summed E-state index contributed by atoms with van der Waals surface area (Å²) in [5, 5.41) is 10.0. The van der Waals surface area contributed by atoms with E-state index in [-0.39, 0.29) is 12.1 Å². The molecule has 0 amide bonds. The average molecular weight is 218 g/mol. The first kappa shape index (κ1) is 9.72. The summed E-state index contributed by atoms with van der Waals surface area (Å²) in [7, 11) is 0. The number of aliphatic hydroxyl groups excluding tert-OH is 1. The third-order valence-corrected chi connectivity index (χ3v) is 3.29. The van der Waals surface area contributed by atoms with Gasteiger partial charge in [-0.1, -0.05) is 12.8 Å². The molecule has 1 fully saturated rings. The second-order valence-electron chi connectivity index (χ2n) is 4.30. The van der Waals surface area contributed by atoms with Crippen LogP contribution in [0.1, 0.15) is 31.7 Å². The highest BCUT2D eigenvalue weighted by Crippen LogP contribution is 2.30. The molecule has 0 radical (unpaired) electrons. The van der Waals surface area contributed by atoms with Gasteiger partial charge in [-0.15, -0.1) is 0 Å². The number of aromatic nitrogens is 4. The molecule has 2 atom stereocenters. The summed E-state index contributed by atoms with van der Waals surface area (Å²) in [5.74, 6) is 0. The second kappa shape index (κ2) is 3.83. The van der Waals surface area contributed by atoms with Crippen LogP contribution in [0.5, 0.6) is 0 Å². The van der Waals surface area contributed by atoms with Gasteiger partial charge in [-0.05, 0) is 12.8 Å². The van der Waals surface area contributed by atoms with Gasteiger partial charge in [-0.3, -0.25) is 0 Å². The van der Waals surface area contributed by atoms with Crippen molar-refractivity contribution in [3.63, 3.8) is 0 Å². The van der Waals surface area contributed by atoms with E-state index in [0.29, 0.717) is 0 Å². The maximum absolute atomic E-state index is 10.0. The van der Waals surface area contributed by atoms with Crippen molar-refractivity contribution < 1.29 is 5.11 Å². The van der Waals surface area contributed by atoms with E-state index < -0.39 is 0 Å². The monoisotopic (exact) mass is 218 g/mol. The Balaban J connectivity index is 2.04. The Morgan fingerprint density at radius 2 is 2.12 bits per heavy atom. The second-order valence-corrected chi connectivity index (χ2v) is 4.30. The van der Waals surface area contributed by atoms with Gasteiger partial charge in [0.05, 0.1) is 24.7 Å². The van der Waals surface area contributed by atoms with Crippen LogP contribution in [0, 0.1) is 0 Å². The number of imidazole rings is 1. The normalized spacial score (nSPS) is 26.1. The maximum Gasteiger partial charge on any atom is 0.163 e. The van der Waals surface area contributed by atoms with Crippen molar-refractivity contribution in [2.45, 2.75) is 37.8 Å². The van der Waals surface area contributed by atoms with E-state index in [1.165, 1.54) is 6.33 Å². The lowest BCUT2D eigenvalue weighted by atomic mass is 9.92. The van der Waals surface area contributed by atoms with Crippen molar-refractivity contribution in [1.82, 2.24) is 19.5 Å². The summed E-state index contributed by atoms with van der Waals surface area (Å²) >= 11 is 0. The molecule has 1 aliphatic rings. The fourth-order valence-corrected chi connectivity index (χ4v) is 2.44. The summed E-state index contributed by atoms with van der Waals surface area (Å²) in [5.41, 5.74) is 1.61. The predicted molar refractivity (Wildman–Crippen MR) is 58.8 cm³/mol. The zero-order chi connectivity index (χ0) is 11.0. The molecular weight excluding hydrogens is 204 g/mol. The van der Waals surface area contributed by atoms with Gasteiger partial charge < -0.3 is 9.67 Å². The first-order valence-corrected chi connectivity index (χ1v) is 5.67. The third-order valence-electron chi connectivity index (χ3n) is 3.29. The van der Waals surface area contributed by atoms with Crippen molar-refractivity contribution >= 4 is 11.2 Å². The standard InChI is InChI=1S/C11H14N4O/c16-10-4-2-1-3-9(10)15-7-14-8-5-12-6-13-11(8)15/h5-7,9-10,16H,1-4H2/t9-,10-/m0/s1. The highest BCUT2D eigenvalue weighted by Gasteiger charge is 2.25. The Bertz CT molecular complexity index is 495. The predicted octanol–water partition coefficient (Wildman–Crippen LogP) is 1.30. The fraction of sp³-hybridized carbons (Fsp3) is 0.545. The Labute approximate surface area is 93.2 Å². The molecule has 0 spiro atoms. The van der Waals surface area contributed by atoms with E-state index in [9.17, 15) is 5.11 Å². The molecule has 1 N–H and O–H groups in total. The van der Waals surface area contributed by atoms with Crippen molar-refractivity contribution in [2.75, 3.05) is 0 Å². The zero-order valence-corrected chi connectivity index (χ0v) is 8.95. The first-order chi connectivity index (χ1) is 7.86. The summed E-state index contributed by atoms with van der Waals surface area (Å²) in [6.07, 6.45) is 8.85. The van der Waals surface area contributed by atoms with Crippen LogP contribution in [0.25, 0.3) is 11.2 Å². The molecule has 0 bridgehead atoms. The largest absolute Gasteiger partial charge is 0.391 e. The van der Waals surface area contributed by atoms with E-state index in [2.05, 4.69) is 15.0 Å². The van der Waals surface area contributed by atoms with E-state index in [0.717, 1.165) is 36.8 Å². The van der Waals surface area contributed by atoms with Gasteiger partial charge >= 0.3 is 0 Å². The first-order valence-electron chi connectivity index (χ1n) is 5.67. The lowest BCUT2D eigenvalue weighted by Crippen LogP contribution is -2.27. The summed E-state index contributed by atoms with van der Waals surface area (Å²) < 4.78 is 1.99. The molecule has 5 nitrogen and oxygen atoms in total. The molecule has 0 saturated heterocycles. The smallest absolute Gasteiger partial charge is 0.163 e.